The van der Waals surface area contributed by atoms with Crippen LogP contribution in [-0.4, -0.2) is 54.7 Å². The molecule has 2 unspecified atom stereocenters. The average Bonchev–Trinajstić information content (AvgIpc) is 2.66. The zero-order valence-electron chi connectivity index (χ0n) is 18.3. The normalized spacial score (nSPS) is 22.5. The molecule has 1 fully saturated rings. The molecule has 1 aliphatic carbocycles. The minimum atomic E-state index is 0.228. The highest BCUT2D eigenvalue weighted by atomic mass is 16.5. The Morgan fingerprint density at radius 1 is 1.15 bits per heavy atom. The number of hydrogen-bond acceptors (Lipinski definition) is 3. The van der Waals surface area contributed by atoms with Crippen molar-refractivity contribution >= 4 is 0 Å². The summed E-state index contributed by atoms with van der Waals surface area (Å²) in [5, 5.41) is 0. The van der Waals surface area contributed by atoms with Crippen molar-refractivity contribution in [3.63, 3.8) is 0 Å². The summed E-state index contributed by atoms with van der Waals surface area (Å²) in [4.78, 5) is 5.08. The van der Waals surface area contributed by atoms with Crippen molar-refractivity contribution in [2.45, 2.75) is 77.8 Å². The molecule has 2 aliphatic rings. The zero-order chi connectivity index (χ0) is 19.4. The third-order valence-corrected chi connectivity index (χ3v) is 6.92. The van der Waals surface area contributed by atoms with E-state index in [1.54, 1.807) is 0 Å². The molecule has 0 saturated carbocycles. The molecule has 27 heavy (non-hydrogen) atoms. The second-order valence-electron chi connectivity index (χ2n) is 9.71. The first-order valence-electron chi connectivity index (χ1n) is 11.0. The van der Waals surface area contributed by atoms with Crippen molar-refractivity contribution in [3.8, 4) is 5.75 Å². The second-order valence-corrected chi connectivity index (χ2v) is 9.71. The average molecular weight is 373 g/mol. The predicted molar refractivity (Wildman–Crippen MR) is 115 cm³/mol. The highest BCUT2D eigenvalue weighted by molar-refractivity contribution is 5.37. The fraction of sp³-hybridized carbons (Fsp3) is 0.750. The summed E-state index contributed by atoms with van der Waals surface area (Å²) in [6, 6.07) is 7.43. The Morgan fingerprint density at radius 3 is 2.59 bits per heavy atom. The molecule has 1 aliphatic heterocycles. The van der Waals surface area contributed by atoms with Crippen LogP contribution >= 0.6 is 0 Å². The number of aryl methyl sites for hydroxylation is 1. The standard InChI is InChI=1S/C24H40N2O/c1-19(25(5)24(2,3)4)20-9-10-22-18-23(12-11-21(22)17-20)27-16-15-26-13-7-6-8-14-26/h11-12,18-20H,6-10,13-17H2,1-5H3. The fourth-order valence-corrected chi connectivity index (χ4v) is 4.66. The lowest BCUT2D eigenvalue weighted by molar-refractivity contribution is 0.0833. The smallest absolute Gasteiger partial charge is 0.119 e. The van der Waals surface area contributed by atoms with Crippen LogP contribution in [-0.2, 0) is 12.8 Å². The minimum absolute atomic E-state index is 0.228. The molecule has 0 amide bonds. The zero-order valence-corrected chi connectivity index (χ0v) is 18.3. The third-order valence-electron chi connectivity index (χ3n) is 6.92. The number of ether oxygens (including phenoxy) is 1. The molecule has 3 heteroatoms. The first-order valence-corrected chi connectivity index (χ1v) is 11.0. The van der Waals surface area contributed by atoms with Crippen molar-refractivity contribution < 1.29 is 4.74 Å². The van der Waals surface area contributed by atoms with Crippen LogP contribution in [0.4, 0.5) is 0 Å². The number of nitrogens with zero attached hydrogens (tertiary/aromatic N) is 2. The van der Waals surface area contributed by atoms with Crippen LogP contribution < -0.4 is 4.74 Å². The number of likely N-dealkylation sites (tertiary alicyclic amines) is 1. The Balaban J connectivity index is 1.53. The summed E-state index contributed by atoms with van der Waals surface area (Å²) in [5.74, 6) is 1.80. The van der Waals surface area contributed by atoms with Crippen molar-refractivity contribution in [1.29, 1.82) is 0 Å². The van der Waals surface area contributed by atoms with Crippen molar-refractivity contribution in [2.24, 2.45) is 5.92 Å². The van der Waals surface area contributed by atoms with Gasteiger partial charge in [-0.2, -0.15) is 0 Å². The van der Waals surface area contributed by atoms with Gasteiger partial charge in [0.15, 0.2) is 0 Å². The maximum absolute atomic E-state index is 6.08. The van der Waals surface area contributed by atoms with E-state index in [2.05, 4.69) is 62.7 Å². The fourth-order valence-electron chi connectivity index (χ4n) is 4.66. The number of rotatable bonds is 6. The van der Waals surface area contributed by atoms with Crippen molar-refractivity contribution in [3.05, 3.63) is 29.3 Å². The molecule has 0 radical (unpaired) electrons. The maximum Gasteiger partial charge on any atom is 0.119 e. The molecule has 1 saturated heterocycles. The molecule has 0 N–H and O–H groups in total. The van der Waals surface area contributed by atoms with Gasteiger partial charge in [-0.15, -0.1) is 0 Å². The molecule has 1 aromatic rings. The monoisotopic (exact) mass is 372 g/mol. The lowest BCUT2D eigenvalue weighted by Crippen LogP contribution is -2.48. The van der Waals surface area contributed by atoms with Gasteiger partial charge in [-0.05, 0) is 109 Å². The summed E-state index contributed by atoms with van der Waals surface area (Å²) in [6.07, 6.45) is 7.77. The predicted octanol–water partition coefficient (Wildman–Crippen LogP) is 4.78. The Labute approximate surface area is 167 Å². The largest absolute Gasteiger partial charge is 0.492 e. The van der Waals surface area contributed by atoms with Crippen LogP contribution in [0, 0.1) is 5.92 Å². The van der Waals surface area contributed by atoms with E-state index in [9.17, 15) is 0 Å². The summed E-state index contributed by atoms with van der Waals surface area (Å²) >= 11 is 0. The molecule has 152 valence electrons. The van der Waals surface area contributed by atoms with Gasteiger partial charge in [0.25, 0.3) is 0 Å². The highest BCUT2D eigenvalue weighted by Crippen LogP contribution is 2.33. The summed E-state index contributed by atoms with van der Waals surface area (Å²) in [7, 11) is 2.28. The number of benzene rings is 1. The quantitative estimate of drug-likeness (QED) is 0.715. The minimum Gasteiger partial charge on any atom is -0.492 e. The first kappa shape index (κ1) is 20.7. The molecule has 3 rings (SSSR count). The Hall–Kier alpha value is -1.06. The lowest BCUT2D eigenvalue weighted by atomic mass is 9.79. The van der Waals surface area contributed by atoms with Gasteiger partial charge in [0.1, 0.15) is 12.4 Å². The van der Waals surface area contributed by atoms with E-state index < -0.39 is 0 Å². The molecule has 1 heterocycles. The molecule has 0 aromatic heterocycles. The molecule has 1 aromatic carbocycles. The van der Waals surface area contributed by atoms with Crippen LogP contribution in [0.15, 0.2) is 18.2 Å². The highest BCUT2D eigenvalue weighted by Gasteiger charge is 2.30. The van der Waals surface area contributed by atoms with Gasteiger partial charge in [0.05, 0.1) is 0 Å². The molecule has 3 nitrogen and oxygen atoms in total. The maximum atomic E-state index is 6.08. The summed E-state index contributed by atoms with van der Waals surface area (Å²) in [5.41, 5.74) is 3.27. The van der Waals surface area contributed by atoms with E-state index in [0.29, 0.717) is 6.04 Å². The molecular formula is C24H40N2O. The van der Waals surface area contributed by atoms with Crippen molar-refractivity contribution in [2.75, 3.05) is 33.3 Å². The van der Waals surface area contributed by atoms with E-state index in [0.717, 1.165) is 24.8 Å². The number of fused-ring (bicyclic) bond motifs is 1. The van der Waals surface area contributed by atoms with Crippen LogP contribution in [0.1, 0.15) is 64.5 Å². The van der Waals surface area contributed by atoms with Gasteiger partial charge in [-0.3, -0.25) is 9.80 Å². The van der Waals surface area contributed by atoms with Gasteiger partial charge >= 0.3 is 0 Å². The van der Waals surface area contributed by atoms with E-state index >= 15 is 0 Å². The molecule has 2 atom stereocenters. The molecule has 0 bridgehead atoms. The summed E-state index contributed by atoms with van der Waals surface area (Å²) in [6.45, 7) is 13.7. The number of hydrogen-bond donors (Lipinski definition) is 0. The van der Waals surface area contributed by atoms with Crippen LogP contribution in [0.5, 0.6) is 5.75 Å². The SMILES string of the molecule is CC(C1CCc2cc(OCCN3CCCCC3)ccc2C1)N(C)C(C)(C)C. The van der Waals surface area contributed by atoms with Crippen LogP contribution in [0.3, 0.4) is 0 Å². The molecular weight excluding hydrogens is 332 g/mol. The van der Waals surface area contributed by atoms with Gasteiger partial charge in [0.2, 0.25) is 0 Å². The van der Waals surface area contributed by atoms with E-state index in [1.165, 1.54) is 62.7 Å². The van der Waals surface area contributed by atoms with E-state index in [-0.39, 0.29) is 5.54 Å². The van der Waals surface area contributed by atoms with Gasteiger partial charge in [-0.1, -0.05) is 12.5 Å². The lowest BCUT2D eigenvalue weighted by Gasteiger charge is -2.42. The van der Waals surface area contributed by atoms with Crippen LogP contribution in [0.2, 0.25) is 0 Å². The first-order chi connectivity index (χ1) is 12.8. The Kier molecular flexibility index (Phi) is 6.86. The van der Waals surface area contributed by atoms with E-state index in [1.807, 2.05) is 0 Å². The molecule has 0 spiro atoms. The van der Waals surface area contributed by atoms with Gasteiger partial charge in [0, 0.05) is 18.1 Å². The summed E-state index contributed by atoms with van der Waals surface area (Å²) < 4.78 is 6.08. The van der Waals surface area contributed by atoms with Gasteiger partial charge in [-0.25, -0.2) is 0 Å². The van der Waals surface area contributed by atoms with Crippen LogP contribution in [0.25, 0.3) is 0 Å². The van der Waals surface area contributed by atoms with Crippen molar-refractivity contribution in [1.82, 2.24) is 9.80 Å². The Morgan fingerprint density at radius 2 is 1.89 bits per heavy atom. The number of piperidine rings is 1. The third kappa shape index (κ3) is 5.48. The topological polar surface area (TPSA) is 15.7 Å². The van der Waals surface area contributed by atoms with Gasteiger partial charge < -0.3 is 4.74 Å². The second kappa shape index (κ2) is 8.96. The van der Waals surface area contributed by atoms with E-state index in [4.69, 9.17) is 4.74 Å². The Bertz CT molecular complexity index is 601.